The van der Waals surface area contributed by atoms with Crippen molar-refractivity contribution in [1.82, 2.24) is 5.32 Å². The molecule has 0 aliphatic heterocycles. The predicted molar refractivity (Wildman–Crippen MR) is 78.3 cm³/mol. The lowest BCUT2D eigenvalue weighted by Crippen LogP contribution is -2.51. The van der Waals surface area contributed by atoms with Gasteiger partial charge in [0, 0.05) is 18.2 Å². The quantitative estimate of drug-likeness (QED) is 0.823. The standard InChI is InChI=1S/C15H23ClFNO/c1-5-15(6-2,19-4)14(18-3)9-11-7-8-12(16)10-13(11)17/h7-8,10,14,18H,5-6,9H2,1-4H3. The molecule has 0 aromatic heterocycles. The van der Waals surface area contributed by atoms with E-state index in [4.69, 9.17) is 16.3 Å². The van der Waals surface area contributed by atoms with E-state index in [0.29, 0.717) is 17.0 Å². The van der Waals surface area contributed by atoms with Gasteiger partial charge in [-0.15, -0.1) is 0 Å². The summed E-state index contributed by atoms with van der Waals surface area (Å²) in [6.07, 6.45) is 2.33. The first-order chi connectivity index (χ1) is 9.02. The van der Waals surface area contributed by atoms with Crippen molar-refractivity contribution in [2.24, 2.45) is 0 Å². The molecule has 4 heteroatoms. The van der Waals surface area contributed by atoms with Gasteiger partial charge in [-0.3, -0.25) is 0 Å². The van der Waals surface area contributed by atoms with E-state index in [2.05, 4.69) is 19.2 Å². The number of likely N-dealkylation sites (N-methyl/N-ethyl adjacent to an activating group) is 1. The van der Waals surface area contributed by atoms with Crippen LogP contribution in [0.5, 0.6) is 0 Å². The topological polar surface area (TPSA) is 21.3 Å². The molecule has 19 heavy (non-hydrogen) atoms. The number of nitrogens with one attached hydrogen (secondary N) is 1. The first-order valence-electron chi connectivity index (χ1n) is 6.69. The molecule has 0 aliphatic carbocycles. The van der Waals surface area contributed by atoms with Crippen LogP contribution >= 0.6 is 11.6 Å². The Hall–Kier alpha value is -0.640. The molecule has 1 rings (SSSR count). The van der Waals surface area contributed by atoms with Gasteiger partial charge in [-0.2, -0.15) is 0 Å². The van der Waals surface area contributed by atoms with E-state index < -0.39 is 0 Å². The first-order valence-corrected chi connectivity index (χ1v) is 7.07. The Bertz CT molecular complexity index is 399. The Kier molecular flexibility index (Phi) is 6.24. The molecule has 0 bridgehead atoms. The molecule has 0 fully saturated rings. The number of halogens is 2. The van der Waals surface area contributed by atoms with Crippen LogP contribution in [0.25, 0.3) is 0 Å². The summed E-state index contributed by atoms with van der Waals surface area (Å²) in [5.41, 5.74) is 0.382. The average Bonchev–Trinajstić information content (AvgIpc) is 2.42. The fraction of sp³-hybridized carbons (Fsp3) is 0.600. The average molecular weight is 288 g/mol. The maximum atomic E-state index is 13.9. The molecule has 0 radical (unpaired) electrons. The van der Waals surface area contributed by atoms with Crippen molar-refractivity contribution in [3.63, 3.8) is 0 Å². The largest absolute Gasteiger partial charge is 0.377 e. The van der Waals surface area contributed by atoms with Crippen molar-refractivity contribution in [3.8, 4) is 0 Å². The molecule has 1 unspecified atom stereocenters. The van der Waals surface area contributed by atoms with Crippen LogP contribution in [0.4, 0.5) is 4.39 Å². The summed E-state index contributed by atoms with van der Waals surface area (Å²) in [6, 6.07) is 4.88. The number of methoxy groups -OCH3 is 1. The van der Waals surface area contributed by atoms with Crippen LogP contribution in [0.1, 0.15) is 32.3 Å². The molecular weight excluding hydrogens is 265 g/mol. The number of ether oxygens (including phenoxy) is 1. The van der Waals surface area contributed by atoms with Crippen LogP contribution < -0.4 is 5.32 Å². The summed E-state index contributed by atoms with van der Waals surface area (Å²) in [5, 5.41) is 3.68. The number of rotatable bonds is 7. The molecule has 0 saturated heterocycles. The fourth-order valence-electron chi connectivity index (χ4n) is 2.63. The maximum Gasteiger partial charge on any atom is 0.127 e. The third-order valence-corrected chi connectivity index (χ3v) is 4.26. The molecule has 0 saturated carbocycles. The first kappa shape index (κ1) is 16.4. The van der Waals surface area contributed by atoms with E-state index in [0.717, 1.165) is 12.8 Å². The highest BCUT2D eigenvalue weighted by molar-refractivity contribution is 6.30. The van der Waals surface area contributed by atoms with Crippen molar-refractivity contribution in [2.75, 3.05) is 14.2 Å². The van der Waals surface area contributed by atoms with E-state index in [1.54, 1.807) is 19.2 Å². The van der Waals surface area contributed by atoms with E-state index in [1.807, 2.05) is 7.05 Å². The third kappa shape index (κ3) is 3.68. The van der Waals surface area contributed by atoms with Gasteiger partial charge < -0.3 is 10.1 Å². The SMILES string of the molecule is CCC(CC)(OC)C(Cc1ccc(Cl)cc1F)NC. The van der Waals surface area contributed by atoms with Gasteiger partial charge in [0.2, 0.25) is 0 Å². The summed E-state index contributed by atoms with van der Waals surface area (Å²) in [6.45, 7) is 4.19. The lowest BCUT2D eigenvalue weighted by Gasteiger charge is -2.38. The second kappa shape index (κ2) is 7.22. The normalized spacial score (nSPS) is 13.6. The zero-order valence-corrected chi connectivity index (χ0v) is 12.9. The second-order valence-electron chi connectivity index (χ2n) is 4.76. The zero-order valence-electron chi connectivity index (χ0n) is 12.1. The highest BCUT2D eigenvalue weighted by atomic mass is 35.5. The Morgan fingerprint density at radius 2 is 2.00 bits per heavy atom. The lowest BCUT2D eigenvalue weighted by atomic mass is 9.84. The van der Waals surface area contributed by atoms with Gasteiger partial charge in [0.05, 0.1) is 5.60 Å². The molecule has 2 nitrogen and oxygen atoms in total. The van der Waals surface area contributed by atoms with Crippen LogP contribution in [0.2, 0.25) is 5.02 Å². The zero-order chi connectivity index (χ0) is 14.5. The molecule has 1 atom stereocenters. The van der Waals surface area contributed by atoms with E-state index in [9.17, 15) is 4.39 Å². The summed E-state index contributed by atoms with van der Waals surface area (Å²) >= 11 is 5.78. The predicted octanol–water partition coefficient (Wildman–Crippen LogP) is 3.81. The minimum Gasteiger partial charge on any atom is -0.377 e. The Labute approximate surface area is 120 Å². The van der Waals surface area contributed by atoms with Crippen molar-refractivity contribution < 1.29 is 9.13 Å². The third-order valence-electron chi connectivity index (χ3n) is 4.03. The highest BCUT2D eigenvalue weighted by Gasteiger charge is 2.35. The molecule has 1 aromatic rings. The molecule has 0 aliphatic rings. The number of hydrogen-bond acceptors (Lipinski definition) is 2. The molecule has 0 heterocycles. The molecule has 0 amide bonds. The molecule has 1 aromatic carbocycles. The molecule has 1 N–H and O–H groups in total. The monoisotopic (exact) mass is 287 g/mol. The Balaban J connectivity index is 2.98. The van der Waals surface area contributed by atoms with Crippen LogP contribution in [0.3, 0.4) is 0 Å². The molecule has 0 spiro atoms. The van der Waals surface area contributed by atoms with E-state index in [-0.39, 0.29) is 17.5 Å². The van der Waals surface area contributed by atoms with Gasteiger partial charge in [0.1, 0.15) is 5.82 Å². The van der Waals surface area contributed by atoms with Crippen molar-refractivity contribution in [1.29, 1.82) is 0 Å². The van der Waals surface area contributed by atoms with Crippen LogP contribution in [-0.4, -0.2) is 25.8 Å². The van der Waals surface area contributed by atoms with E-state index >= 15 is 0 Å². The van der Waals surface area contributed by atoms with Crippen molar-refractivity contribution in [3.05, 3.63) is 34.6 Å². The van der Waals surface area contributed by atoms with Gasteiger partial charge in [0.15, 0.2) is 0 Å². The molecular formula is C15H23ClFNO. The summed E-state index contributed by atoms with van der Waals surface area (Å²) in [4.78, 5) is 0. The number of hydrogen-bond donors (Lipinski definition) is 1. The van der Waals surface area contributed by atoms with Crippen LogP contribution in [-0.2, 0) is 11.2 Å². The summed E-state index contributed by atoms with van der Waals surface area (Å²) in [7, 11) is 3.60. The van der Waals surface area contributed by atoms with Gasteiger partial charge in [-0.25, -0.2) is 4.39 Å². The van der Waals surface area contributed by atoms with Gasteiger partial charge in [0.25, 0.3) is 0 Å². The van der Waals surface area contributed by atoms with Crippen LogP contribution in [0, 0.1) is 5.82 Å². The minimum atomic E-state index is -0.277. The summed E-state index contributed by atoms with van der Waals surface area (Å²) in [5.74, 6) is -0.259. The van der Waals surface area contributed by atoms with E-state index in [1.165, 1.54) is 6.07 Å². The maximum absolute atomic E-state index is 13.9. The lowest BCUT2D eigenvalue weighted by molar-refractivity contribution is -0.0456. The summed E-state index contributed by atoms with van der Waals surface area (Å²) < 4.78 is 19.6. The minimum absolute atomic E-state index is 0.0585. The Morgan fingerprint density at radius 3 is 2.42 bits per heavy atom. The van der Waals surface area contributed by atoms with Gasteiger partial charge in [-0.1, -0.05) is 31.5 Å². The van der Waals surface area contributed by atoms with Gasteiger partial charge in [-0.05, 0) is 44.0 Å². The van der Waals surface area contributed by atoms with Crippen molar-refractivity contribution >= 4 is 11.6 Å². The smallest absolute Gasteiger partial charge is 0.127 e. The Morgan fingerprint density at radius 1 is 1.37 bits per heavy atom. The number of benzene rings is 1. The van der Waals surface area contributed by atoms with Gasteiger partial charge >= 0.3 is 0 Å². The molecule has 108 valence electrons. The fourth-order valence-corrected chi connectivity index (χ4v) is 2.79. The highest BCUT2D eigenvalue weighted by Crippen LogP contribution is 2.27. The second-order valence-corrected chi connectivity index (χ2v) is 5.19. The van der Waals surface area contributed by atoms with Crippen LogP contribution in [0.15, 0.2) is 18.2 Å². The van der Waals surface area contributed by atoms with Crippen molar-refractivity contribution in [2.45, 2.75) is 44.8 Å².